The van der Waals surface area contributed by atoms with Crippen molar-refractivity contribution in [2.45, 2.75) is 6.92 Å². The Labute approximate surface area is 133 Å². The molecular formula is C18H15BrN2. The van der Waals surface area contributed by atoms with Crippen molar-refractivity contribution in [2.75, 3.05) is 5.32 Å². The van der Waals surface area contributed by atoms with Gasteiger partial charge in [-0.15, -0.1) is 0 Å². The van der Waals surface area contributed by atoms with E-state index in [4.69, 9.17) is 0 Å². The summed E-state index contributed by atoms with van der Waals surface area (Å²) in [6.45, 7) is 2.06. The summed E-state index contributed by atoms with van der Waals surface area (Å²) in [5, 5.41) is 3.42. The van der Waals surface area contributed by atoms with Crippen molar-refractivity contribution in [2.24, 2.45) is 0 Å². The second-order valence-corrected chi connectivity index (χ2v) is 5.62. The van der Waals surface area contributed by atoms with Crippen molar-refractivity contribution in [1.82, 2.24) is 4.98 Å². The van der Waals surface area contributed by atoms with Gasteiger partial charge in [-0.1, -0.05) is 48.5 Å². The molecule has 0 saturated heterocycles. The van der Waals surface area contributed by atoms with Gasteiger partial charge < -0.3 is 5.32 Å². The summed E-state index contributed by atoms with van der Waals surface area (Å²) < 4.78 is 0.993. The predicted octanol–water partition coefficient (Wildman–Crippen LogP) is 5.56. The SMILES string of the molecule is Cc1ccnc(Nc2ccccc2-c2ccccc2)c1Br. The van der Waals surface area contributed by atoms with E-state index < -0.39 is 0 Å². The van der Waals surface area contributed by atoms with Crippen LogP contribution < -0.4 is 5.32 Å². The first-order valence-corrected chi connectivity index (χ1v) is 7.57. The molecule has 0 atom stereocenters. The lowest BCUT2D eigenvalue weighted by Gasteiger charge is -2.13. The number of rotatable bonds is 3. The lowest BCUT2D eigenvalue weighted by Crippen LogP contribution is -1.97. The van der Waals surface area contributed by atoms with Crippen LogP contribution in [0.3, 0.4) is 0 Å². The van der Waals surface area contributed by atoms with Gasteiger partial charge in [-0.2, -0.15) is 0 Å². The maximum absolute atomic E-state index is 4.41. The first-order chi connectivity index (χ1) is 10.3. The number of pyridine rings is 1. The molecule has 0 aliphatic rings. The van der Waals surface area contributed by atoms with Crippen LogP contribution in [0.4, 0.5) is 11.5 Å². The standard InChI is InChI=1S/C18H15BrN2/c1-13-11-12-20-18(17(13)19)21-16-10-6-5-9-15(16)14-7-3-2-4-8-14/h2-12H,1H3,(H,20,21). The fourth-order valence-corrected chi connectivity index (χ4v) is 2.55. The molecule has 21 heavy (non-hydrogen) atoms. The van der Waals surface area contributed by atoms with Gasteiger partial charge in [0.1, 0.15) is 5.82 Å². The molecule has 1 N–H and O–H groups in total. The average Bonchev–Trinajstić information content (AvgIpc) is 2.53. The highest BCUT2D eigenvalue weighted by Crippen LogP contribution is 2.32. The largest absolute Gasteiger partial charge is 0.339 e. The Bertz CT molecular complexity index is 754. The molecule has 3 aromatic rings. The predicted molar refractivity (Wildman–Crippen MR) is 91.8 cm³/mol. The Morgan fingerprint density at radius 3 is 2.43 bits per heavy atom. The maximum atomic E-state index is 4.41. The monoisotopic (exact) mass is 338 g/mol. The van der Waals surface area contributed by atoms with Crippen molar-refractivity contribution < 1.29 is 0 Å². The van der Waals surface area contributed by atoms with E-state index in [1.807, 2.05) is 42.6 Å². The minimum atomic E-state index is 0.832. The molecule has 0 saturated carbocycles. The van der Waals surface area contributed by atoms with E-state index in [-0.39, 0.29) is 0 Å². The van der Waals surface area contributed by atoms with Crippen LogP contribution in [0.25, 0.3) is 11.1 Å². The number of anilines is 2. The fourth-order valence-electron chi connectivity index (χ4n) is 2.22. The zero-order valence-electron chi connectivity index (χ0n) is 11.7. The van der Waals surface area contributed by atoms with E-state index in [1.54, 1.807) is 0 Å². The molecule has 1 aromatic heterocycles. The number of para-hydroxylation sites is 1. The minimum absolute atomic E-state index is 0.832. The van der Waals surface area contributed by atoms with Crippen LogP contribution in [-0.2, 0) is 0 Å². The lowest BCUT2D eigenvalue weighted by molar-refractivity contribution is 1.25. The van der Waals surface area contributed by atoms with Gasteiger partial charge in [-0.25, -0.2) is 4.98 Å². The van der Waals surface area contributed by atoms with Crippen molar-refractivity contribution in [1.29, 1.82) is 0 Å². The van der Waals surface area contributed by atoms with Crippen LogP contribution >= 0.6 is 15.9 Å². The summed E-state index contributed by atoms with van der Waals surface area (Å²) in [7, 11) is 0. The fraction of sp³-hybridized carbons (Fsp3) is 0.0556. The third-order valence-electron chi connectivity index (χ3n) is 3.35. The molecule has 3 heteroatoms. The summed E-state index contributed by atoms with van der Waals surface area (Å²) in [5.41, 5.74) is 4.55. The smallest absolute Gasteiger partial charge is 0.144 e. The molecule has 2 nitrogen and oxygen atoms in total. The summed E-state index contributed by atoms with van der Waals surface area (Å²) in [4.78, 5) is 4.41. The van der Waals surface area contributed by atoms with E-state index in [9.17, 15) is 0 Å². The molecule has 3 rings (SSSR count). The lowest BCUT2D eigenvalue weighted by atomic mass is 10.0. The van der Waals surface area contributed by atoms with Gasteiger partial charge in [0.15, 0.2) is 0 Å². The molecule has 0 radical (unpaired) electrons. The third-order valence-corrected chi connectivity index (χ3v) is 4.35. The van der Waals surface area contributed by atoms with Gasteiger partial charge in [-0.3, -0.25) is 0 Å². The molecule has 2 aromatic carbocycles. The van der Waals surface area contributed by atoms with Gasteiger partial charge in [0.25, 0.3) is 0 Å². The van der Waals surface area contributed by atoms with Gasteiger partial charge in [0.05, 0.1) is 4.47 Å². The van der Waals surface area contributed by atoms with Crippen molar-refractivity contribution in [3.05, 3.63) is 76.9 Å². The van der Waals surface area contributed by atoms with Gasteiger partial charge in [0.2, 0.25) is 0 Å². The van der Waals surface area contributed by atoms with Gasteiger partial charge >= 0.3 is 0 Å². The summed E-state index contributed by atoms with van der Waals surface area (Å²) in [5.74, 6) is 0.832. The molecule has 0 unspecified atom stereocenters. The van der Waals surface area contributed by atoms with Crippen LogP contribution in [0.2, 0.25) is 0 Å². The Kier molecular flexibility index (Phi) is 4.02. The highest BCUT2D eigenvalue weighted by Gasteiger charge is 2.08. The number of nitrogens with zero attached hydrogens (tertiary/aromatic N) is 1. The molecule has 1 heterocycles. The topological polar surface area (TPSA) is 24.9 Å². The summed E-state index contributed by atoms with van der Waals surface area (Å²) in [6.07, 6.45) is 1.81. The van der Waals surface area contributed by atoms with Crippen molar-refractivity contribution in [3.8, 4) is 11.1 Å². The Morgan fingerprint density at radius 2 is 1.62 bits per heavy atom. The molecule has 0 aliphatic heterocycles. The van der Waals surface area contributed by atoms with Crippen molar-refractivity contribution >= 4 is 27.4 Å². The number of aryl methyl sites for hydroxylation is 1. The number of hydrogen-bond donors (Lipinski definition) is 1. The second-order valence-electron chi connectivity index (χ2n) is 4.83. The Hall–Kier alpha value is -2.13. The number of nitrogens with one attached hydrogen (secondary N) is 1. The Morgan fingerprint density at radius 1 is 0.905 bits per heavy atom. The van der Waals surface area contributed by atoms with Crippen LogP contribution in [0.5, 0.6) is 0 Å². The molecular weight excluding hydrogens is 324 g/mol. The van der Waals surface area contributed by atoms with Crippen LogP contribution in [0, 0.1) is 6.92 Å². The van der Waals surface area contributed by atoms with E-state index in [2.05, 4.69) is 57.4 Å². The molecule has 0 aliphatic carbocycles. The quantitative estimate of drug-likeness (QED) is 0.675. The third kappa shape index (κ3) is 2.98. The highest BCUT2D eigenvalue weighted by atomic mass is 79.9. The van der Waals surface area contributed by atoms with Gasteiger partial charge in [0, 0.05) is 17.4 Å². The maximum Gasteiger partial charge on any atom is 0.144 e. The average molecular weight is 339 g/mol. The molecule has 0 spiro atoms. The number of halogens is 1. The zero-order valence-corrected chi connectivity index (χ0v) is 13.3. The molecule has 0 fully saturated rings. The van der Waals surface area contributed by atoms with E-state index in [0.29, 0.717) is 0 Å². The highest BCUT2D eigenvalue weighted by molar-refractivity contribution is 9.10. The first-order valence-electron chi connectivity index (χ1n) is 6.78. The van der Waals surface area contributed by atoms with Gasteiger partial charge in [-0.05, 0) is 46.1 Å². The van der Waals surface area contributed by atoms with Crippen LogP contribution in [0.1, 0.15) is 5.56 Å². The van der Waals surface area contributed by atoms with Crippen molar-refractivity contribution in [3.63, 3.8) is 0 Å². The summed E-state index contributed by atoms with van der Waals surface area (Å²) in [6, 6.07) is 20.6. The molecule has 0 amide bonds. The van der Waals surface area contributed by atoms with E-state index >= 15 is 0 Å². The Balaban J connectivity index is 2.02. The van der Waals surface area contributed by atoms with Crippen LogP contribution in [-0.4, -0.2) is 4.98 Å². The molecule has 104 valence electrons. The minimum Gasteiger partial charge on any atom is -0.339 e. The van der Waals surface area contributed by atoms with Crippen LogP contribution in [0.15, 0.2) is 71.3 Å². The van der Waals surface area contributed by atoms with E-state index in [1.165, 1.54) is 5.56 Å². The number of hydrogen-bond acceptors (Lipinski definition) is 2. The summed E-state index contributed by atoms with van der Waals surface area (Å²) >= 11 is 3.59. The number of aromatic nitrogens is 1. The molecule has 0 bridgehead atoms. The number of benzene rings is 2. The first kappa shape index (κ1) is 13.8. The normalized spacial score (nSPS) is 10.4. The second kappa shape index (κ2) is 6.10. The van der Waals surface area contributed by atoms with E-state index in [0.717, 1.165) is 27.1 Å². The zero-order chi connectivity index (χ0) is 14.7.